The van der Waals surface area contributed by atoms with Crippen LogP contribution in [0.2, 0.25) is 0 Å². The van der Waals surface area contributed by atoms with Gasteiger partial charge in [0.05, 0.1) is 11.3 Å². The SMILES string of the molecule is CN(C)C(=O)c1cccnc1NCCCN1CCN(c2ccc(F)cc2Br)CC1.O=C(O)C(=O)O. The van der Waals surface area contributed by atoms with Gasteiger partial charge in [0.25, 0.3) is 5.91 Å². The van der Waals surface area contributed by atoms with Crippen molar-refractivity contribution in [3.05, 3.63) is 52.4 Å². The first kappa shape index (κ1) is 28.0. The average Bonchev–Trinajstić information content (AvgIpc) is 2.82. The third-order valence-corrected chi connectivity index (χ3v) is 5.83. The number of hydrogen-bond acceptors (Lipinski definition) is 7. The van der Waals surface area contributed by atoms with E-state index in [4.69, 9.17) is 19.8 Å². The normalized spacial score (nSPS) is 13.4. The molecule has 35 heavy (non-hydrogen) atoms. The van der Waals surface area contributed by atoms with Gasteiger partial charge in [-0.2, -0.15) is 0 Å². The highest BCUT2D eigenvalue weighted by atomic mass is 79.9. The number of anilines is 2. The highest BCUT2D eigenvalue weighted by Gasteiger charge is 2.19. The predicted octanol–water partition coefficient (Wildman–Crippen LogP) is 2.46. The topological polar surface area (TPSA) is 126 Å². The Kier molecular flexibility index (Phi) is 10.9. The smallest absolute Gasteiger partial charge is 0.414 e. The van der Waals surface area contributed by atoms with Gasteiger partial charge >= 0.3 is 11.9 Å². The van der Waals surface area contributed by atoms with E-state index in [2.05, 4.69) is 36.0 Å². The van der Waals surface area contributed by atoms with Gasteiger partial charge in [-0.05, 0) is 59.2 Å². The van der Waals surface area contributed by atoms with Gasteiger partial charge in [-0.3, -0.25) is 9.69 Å². The molecule has 1 aromatic carbocycles. The van der Waals surface area contributed by atoms with E-state index in [9.17, 15) is 9.18 Å². The number of carboxylic acid groups (broad SMARTS) is 2. The molecule has 1 saturated heterocycles. The number of piperazine rings is 1. The standard InChI is InChI=1S/C21H27BrFN5O.C2H2O4/c1-26(2)21(29)17-5-3-8-24-20(17)25-9-4-10-27-11-13-28(14-12-27)19-7-6-16(23)15-18(19)22;3-1(4)2(5)6/h3,5-8,15H,4,9-14H2,1-2H3,(H,24,25);(H,3,4)(H,5,6). The Labute approximate surface area is 211 Å². The summed E-state index contributed by atoms with van der Waals surface area (Å²) in [6.45, 7) is 5.51. The van der Waals surface area contributed by atoms with Crippen molar-refractivity contribution in [2.45, 2.75) is 6.42 Å². The van der Waals surface area contributed by atoms with Crippen LogP contribution in [0, 0.1) is 5.82 Å². The highest BCUT2D eigenvalue weighted by Crippen LogP contribution is 2.27. The third kappa shape index (κ3) is 8.80. The van der Waals surface area contributed by atoms with Gasteiger partial charge in [0, 0.05) is 57.5 Å². The maximum absolute atomic E-state index is 13.3. The fraction of sp³-hybridized carbons (Fsp3) is 0.391. The molecule has 1 aliphatic rings. The molecule has 3 N–H and O–H groups in total. The molecule has 12 heteroatoms. The van der Waals surface area contributed by atoms with Crippen LogP contribution < -0.4 is 10.2 Å². The second-order valence-electron chi connectivity index (χ2n) is 7.91. The number of carbonyl (C=O) groups excluding carboxylic acids is 1. The highest BCUT2D eigenvalue weighted by molar-refractivity contribution is 9.10. The summed E-state index contributed by atoms with van der Waals surface area (Å²) in [6.07, 6.45) is 2.66. The number of aliphatic carboxylic acids is 2. The van der Waals surface area contributed by atoms with E-state index in [1.807, 2.05) is 6.07 Å². The Bertz CT molecular complexity index is 1020. The Balaban J connectivity index is 0.000000641. The Morgan fingerprint density at radius 3 is 2.34 bits per heavy atom. The number of pyridine rings is 1. The lowest BCUT2D eigenvalue weighted by Crippen LogP contribution is -2.47. The molecule has 0 spiro atoms. The molecule has 3 rings (SSSR count). The van der Waals surface area contributed by atoms with Crippen LogP contribution in [0.4, 0.5) is 15.9 Å². The number of benzene rings is 1. The molecule has 2 aromatic rings. The summed E-state index contributed by atoms with van der Waals surface area (Å²) < 4.78 is 14.1. The molecule has 0 saturated carbocycles. The largest absolute Gasteiger partial charge is 0.473 e. The zero-order valence-electron chi connectivity index (χ0n) is 19.6. The predicted molar refractivity (Wildman–Crippen MR) is 133 cm³/mol. The van der Waals surface area contributed by atoms with Crippen molar-refractivity contribution in [1.29, 1.82) is 0 Å². The van der Waals surface area contributed by atoms with Crippen LogP contribution in [0.25, 0.3) is 0 Å². The number of carbonyl (C=O) groups is 3. The van der Waals surface area contributed by atoms with E-state index in [0.29, 0.717) is 11.4 Å². The summed E-state index contributed by atoms with van der Waals surface area (Å²) in [6, 6.07) is 8.43. The minimum Gasteiger partial charge on any atom is -0.473 e. The Morgan fingerprint density at radius 2 is 1.77 bits per heavy atom. The van der Waals surface area contributed by atoms with E-state index >= 15 is 0 Å². The maximum atomic E-state index is 13.3. The summed E-state index contributed by atoms with van der Waals surface area (Å²) >= 11 is 3.46. The van der Waals surface area contributed by atoms with Crippen LogP contribution in [0.15, 0.2) is 41.0 Å². The van der Waals surface area contributed by atoms with Crippen molar-refractivity contribution in [3.8, 4) is 0 Å². The number of aromatic nitrogens is 1. The fourth-order valence-electron chi connectivity index (χ4n) is 3.42. The van der Waals surface area contributed by atoms with Crippen LogP contribution in [0.1, 0.15) is 16.8 Å². The lowest BCUT2D eigenvalue weighted by Gasteiger charge is -2.36. The number of amides is 1. The molecule has 10 nitrogen and oxygen atoms in total. The molecule has 2 heterocycles. The molecule has 0 unspecified atom stereocenters. The van der Waals surface area contributed by atoms with Crippen LogP contribution in [0.3, 0.4) is 0 Å². The summed E-state index contributed by atoms with van der Waals surface area (Å²) in [4.78, 5) is 41.0. The lowest BCUT2D eigenvalue weighted by molar-refractivity contribution is -0.159. The molecular formula is C23H29BrFN5O5. The first-order valence-electron chi connectivity index (χ1n) is 10.9. The number of carboxylic acids is 2. The van der Waals surface area contributed by atoms with Gasteiger partial charge in [0.15, 0.2) is 0 Å². The maximum Gasteiger partial charge on any atom is 0.414 e. The van der Waals surface area contributed by atoms with Gasteiger partial charge in [-0.25, -0.2) is 19.0 Å². The Morgan fingerprint density at radius 1 is 1.11 bits per heavy atom. The monoisotopic (exact) mass is 553 g/mol. The Hall–Kier alpha value is -3.25. The number of hydrogen-bond donors (Lipinski definition) is 3. The quantitative estimate of drug-likeness (QED) is 0.350. The van der Waals surface area contributed by atoms with Crippen molar-refractivity contribution in [3.63, 3.8) is 0 Å². The summed E-state index contributed by atoms with van der Waals surface area (Å²) in [5, 5.41) is 18.1. The van der Waals surface area contributed by atoms with Crippen LogP contribution >= 0.6 is 15.9 Å². The zero-order chi connectivity index (χ0) is 26.0. The first-order chi connectivity index (χ1) is 16.6. The minimum atomic E-state index is -1.82. The van der Waals surface area contributed by atoms with Crippen LogP contribution in [-0.4, -0.2) is 96.2 Å². The zero-order valence-corrected chi connectivity index (χ0v) is 21.2. The summed E-state index contributed by atoms with van der Waals surface area (Å²) in [5.41, 5.74) is 1.64. The van der Waals surface area contributed by atoms with E-state index in [-0.39, 0.29) is 11.7 Å². The minimum absolute atomic E-state index is 0.0522. The first-order valence-corrected chi connectivity index (χ1v) is 11.7. The molecule has 1 aromatic heterocycles. The van der Waals surface area contributed by atoms with Gasteiger partial charge < -0.3 is 25.3 Å². The summed E-state index contributed by atoms with van der Waals surface area (Å²) in [5.74, 6) is -3.29. The van der Waals surface area contributed by atoms with Crippen molar-refractivity contribution >= 4 is 45.3 Å². The number of nitrogens with one attached hydrogen (secondary N) is 1. The van der Waals surface area contributed by atoms with Crippen molar-refractivity contribution < 1.29 is 29.0 Å². The second-order valence-corrected chi connectivity index (χ2v) is 8.77. The number of halogens is 2. The number of nitrogens with zero attached hydrogens (tertiary/aromatic N) is 4. The number of rotatable bonds is 7. The van der Waals surface area contributed by atoms with E-state index in [1.165, 1.54) is 12.1 Å². The molecule has 0 aliphatic carbocycles. The van der Waals surface area contributed by atoms with Crippen LogP contribution in [0.5, 0.6) is 0 Å². The molecule has 1 aliphatic heterocycles. The van der Waals surface area contributed by atoms with Gasteiger partial charge in [-0.15, -0.1) is 0 Å². The average molecular weight is 554 g/mol. The van der Waals surface area contributed by atoms with Crippen molar-refractivity contribution in [1.82, 2.24) is 14.8 Å². The second kappa shape index (κ2) is 13.6. The molecule has 0 atom stereocenters. The van der Waals surface area contributed by atoms with E-state index in [0.717, 1.165) is 55.8 Å². The lowest BCUT2D eigenvalue weighted by atomic mass is 10.2. The molecule has 1 amide bonds. The third-order valence-electron chi connectivity index (χ3n) is 5.19. The molecular weight excluding hydrogens is 525 g/mol. The molecule has 190 valence electrons. The van der Waals surface area contributed by atoms with E-state index < -0.39 is 11.9 Å². The molecule has 1 fully saturated rings. The van der Waals surface area contributed by atoms with Crippen molar-refractivity contribution in [2.75, 3.05) is 63.6 Å². The fourth-order valence-corrected chi connectivity index (χ4v) is 4.02. The van der Waals surface area contributed by atoms with Crippen LogP contribution in [-0.2, 0) is 9.59 Å². The summed E-state index contributed by atoms with van der Waals surface area (Å²) in [7, 11) is 3.48. The van der Waals surface area contributed by atoms with Crippen molar-refractivity contribution in [2.24, 2.45) is 0 Å². The molecule has 0 radical (unpaired) electrons. The molecule has 0 bridgehead atoms. The van der Waals surface area contributed by atoms with Gasteiger partial charge in [0.1, 0.15) is 11.6 Å². The van der Waals surface area contributed by atoms with Gasteiger partial charge in [-0.1, -0.05) is 0 Å². The van der Waals surface area contributed by atoms with E-state index in [1.54, 1.807) is 37.3 Å². The van der Waals surface area contributed by atoms with Gasteiger partial charge in [0.2, 0.25) is 0 Å².